The summed E-state index contributed by atoms with van der Waals surface area (Å²) in [6.07, 6.45) is 5.91. The van der Waals surface area contributed by atoms with Crippen LogP contribution >= 0.6 is 0 Å². The number of pyridine rings is 1. The van der Waals surface area contributed by atoms with Crippen LogP contribution in [0.15, 0.2) is 28.9 Å². The molecule has 27 heavy (non-hydrogen) atoms. The van der Waals surface area contributed by atoms with Crippen molar-refractivity contribution in [1.82, 2.24) is 20.1 Å². The molecule has 0 spiro atoms. The minimum absolute atomic E-state index is 0.0663. The molecule has 0 radical (unpaired) electrons. The number of hydrogen-bond acceptors (Lipinski definition) is 4. The Kier molecular flexibility index (Phi) is 4.29. The van der Waals surface area contributed by atoms with E-state index in [1.165, 1.54) is 0 Å². The van der Waals surface area contributed by atoms with E-state index in [-0.39, 0.29) is 11.4 Å². The monoisotopic (exact) mass is 366 g/mol. The maximum Gasteiger partial charge on any atom is 0.252 e. The van der Waals surface area contributed by atoms with Crippen LogP contribution in [0.25, 0.3) is 22.5 Å². The summed E-state index contributed by atoms with van der Waals surface area (Å²) in [6, 6.07) is 5.49. The van der Waals surface area contributed by atoms with E-state index >= 15 is 0 Å². The lowest BCUT2D eigenvalue weighted by Gasteiger charge is -2.37. The quantitative estimate of drug-likeness (QED) is 0.753. The molecule has 6 heteroatoms. The molecule has 4 rings (SSSR count). The van der Waals surface area contributed by atoms with Gasteiger partial charge in [0.05, 0.1) is 22.9 Å². The van der Waals surface area contributed by atoms with Gasteiger partial charge in [0, 0.05) is 12.6 Å². The zero-order chi connectivity index (χ0) is 19.2. The first-order valence-electron chi connectivity index (χ1n) is 9.57. The van der Waals surface area contributed by atoms with Crippen molar-refractivity contribution in [3.8, 4) is 11.5 Å². The lowest BCUT2D eigenvalue weighted by molar-refractivity contribution is 0.0871. The van der Waals surface area contributed by atoms with Crippen LogP contribution in [0.5, 0.6) is 0 Å². The van der Waals surface area contributed by atoms with Gasteiger partial charge in [0.1, 0.15) is 5.69 Å². The van der Waals surface area contributed by atoms with E-state index < -0.39 is 0 Å². The third-order valence-corrected chi connectivity index (χ3v) is 5.78. The van der Waals surface area contributed by atoms with Crippen molar-refractivity contribution in [3.63, 3.8) is 0 Å². The van der Waals surface area contributed by atoms with Gasteiger partial charge in [-0.1, -0.05) is 6.92 Å². The van der Waals surface area contributed by atoms with E-state index in [1.54, 1.807) is 10.9 Å². The van der Waals surface area contributed by atoms with Gasteiger partial charge >= 0.3 is 0 Å². The summed E-state index contributed by atoms with van der Waals surface area (Å²) in [4.78, 5) is 18.0. The maximum atomic E-state index is 13.3. The van der Waals surface area contributed by atoms with Gasteiger partial charge in [0.25, 0.3) is 5.91 Å². The molecule has 0 saturated heterocycles. The van der Waals surface area contributed by atoms with Crippen LogP contribution in [-0.2, 0) is 7.05 Å². The van der Waals surface area contributed by atoms with Crippen LogP contribution in [0.4, 0.5) is 0 Å². The fourth-order valence-corrected chi connectivity index (χ4v) is 4.04. The molecule has 0 bridgehead atoms. The first kappa shape index (κ1) is 17.8. The minimum Gasteiger partial charge on any atom is -0.463 e. The third kappa shape index (κ3) is 3.24. The molecule has 142 valence electrons. The van der Waals surface area contributed by atoms with Crippen molar-refractivity contribution in [2.45, 2.75) is 52.0 Å². The number of nitrogens with one attached hydrogen (secondary N) is 1. The van der Waals surface area contributed by atoms with Crippen LogP contribution < -0.4 is 5.32 Å². The van der Waals surface area contributed by atoms with Crippen LogP contribution in [0, 0.1) is 12.8 Å². The van der Waals surface area contributed by atoms with E-state index in [1.807, 2.05) is 32.2 Å². The Bertz CT molecular complexity index is 979. The van der Waals surface area contributed by atoms with Gasteiger partial charge in [-0.15, -0.1) is 0 Å². The SMILES string of the molecule is Cc1nn(C)c2nc(-c3ccco3)cc(C(=O)NC3(C)CCC(C)CC3)c12. The van der Waals surface area contributed by atoms with E-state index in [0.717, 1.165) is 42.7 Å². The molecular formula is C21H26N4O2. The predicted molar refractivity (Wildman–Crippen MR) is 104 cm³/mol. The average molecular weight is 366 g/mol. The summed E-state index contributed by atoms with van der Waals surface area (Å²) in [7, 11) is 1.85. The molecule has 6 nitrogen and oxygen atoms in total. The van der Waals surface area contributed by atoms with Gasteiger partial charge in [-0.05, 0) is 63.6 Å². The smallest absolute Gasteiger partial charge is 0.252 e. The molecule has 1 aliphatic carbocycles. The van der Waals surface area contributed by atoms with E-state index in [4.69, 9.17) is 4.42 Å². The van der Waals surface area contributed by atoms with Crippen LogP contribution in [-0.4, -0.2) is 26.2 Å². The second-order valence-electron chi connectivity index (χ2n) is 8.14. The van der Waals surface area contributed by atoms with Crippen LogP contribution in [0.2, 0.25) is 0 Å². The molecule has 3 aromatic rings. The molecular weight excluding hydrogens is 340 g/mol. The fourth-order valence-electron chi connectivity index (χ4n) is 4.04. The van der Waals surface area contributed by atoms with Crippen molar-refractivity contribution in [2.75, 3.05) is 0 Å². The highest BCUT2D eigenvalue weighted by Crippen LogP contribution is 2.33. The average Bonchev–Trinajstić information content (AvgIpc) is 3.26. The summed E-state index contributed by atoms with van der Waals surface area (Å²) in [6.45, 7) is 6.35. The molecule has 0 aromatic carbocycles. The molecule has 1 saturated carbocycles. The van der Waals surface area contributed by atoms with E-state index in [9.17, 15) is 4.79 Å². The summed E-state index contributed by atoms with van der Waals surface area (Å²) in [5, 5.41) is 8.58. The van der Waals surface area contributed by atoms with Crippen molar-refractivity contribution < 1.29 is 9.21 Å². The number of aryl methyl sites for hydroxylation is 2. The van der Waals surface area contributed by atoms with Crippen molar-refractivity contribution >= 4 is 16.9 Å². The molecule has 3 heterocycles. The lowest BCUT2D eigenvalue weighted by Crippen LogP contribution is -2.48. The Balaban J connectivity index is 1.76. The van der Waals surface area contributed by atoms with E-state index in [2.05, 4.69) is 29.2 Å². The van der Waals surface area contributed by atoms with Gasteiger partial charge in [0.2, 0.25) is 0 Å². The number of amides is 1. The highest BCUT2D eigenvalue weighted by molar-refractivity contribution is 6.07. The molecule has 1 fully saturated rings. The highest BCUT2D eigenvalue weighted by atomic mass is 16.3. The molecule has 1 N–H and O–H groups in total. The van der Waals surface area contributed by atoms with Crippen LogP contribution in [0.1, 0.15) is 55.6 Å². The topological polar surface area (TPSA) is 73.0 Å². The van der Waals surface area contributed by atoms with Gasteiger partial charge in [-0.25, -0.2) is 4.98 Å². The van der Waals surface area contributed by atoms with Gasteiger partial charge in [-0.2, -0.15) is 5.10 Å². The van der Waals surface area contributed by atoms with Crippen molar-refractivity contribution in [1.29, 1.82) is 0 Å². The highest BCUT2D eigenvalue weighted by Gasteiger charge is 2.32. The first-order chi connectivity index (χ1) is 12.9. The van der Waals surface area contributed by atoms with Gasteiger partial charge in [0.15, 0.2) is 11.4 Å². The molecule has 3 aromatic heterocycles. The Morgan fingerprint density at radius 3 is 2.78 bits per heavy atom. The van der Waals surface area contributed by atoms with Crippen molar-refractivity contribution in [2.24, 2.45) is 13.0 Å². The Hall–Kier alpha value is -2.63. The number of fused-ring (bicyclic) bond motifs is 1. The molecule has 0 atom stereocenters. The second kappa shape index (κ2) is 6.51. The number of furan rings is 1. The zero-order valence-corrected chi connectivity index (χ0v) is 16.4. The number of rotatable bonds is 3. The minimum atomic E-state index is -0.167. The van der Waals surface area contributed by atoms with Gasteiger partial charge < -0.3 is 9.73 Å². The zero-order valence-electron chi connectivity index (χ0n) is 16.4. The molecule has 1 amide bonds. The maximum absolute atomic E-state index is 13.3. The molecule has 0 unspecified atom stereocenters. The first-order valence-corrected chi connectivity index (χ1v) is 9.57. The standard InChI is InChI=1S/C21H26N4O2/c1-13-7-9-21(3,10-8-13)23-20(26)15-12-16(17-6-5-11-27-17)22-19-18(15)14(2)24-25(19)4/h5-6,11-13H,7-10H2,1-4H3,(H,23,26). The van der Waals surface area contributed by atoms with Crippen LogP contribution in [0.3, 0.4) is 0 Å². The number of nitrogens with zero attached hydrogens (tertiary/aromatic N) is 3. The lowest BCUT2D eigenvalue weighted by atomic mass is 9.78. The van der Waals surface area contributed by atoms with Gasteiger partial charge in [-0.3, -0.25) is 9.48 Å². The number of carbonyl (C=O) groups excluding carboxylic acids is 1. The number of aromatic nitrogens is 3. The Morgan fingerprint density at radius 2 is 2.11 bits per heavy atom. The van der Waals surface area contributed by atoms with E-state index in [0.29, 0.717) is 22.7 Å². The predicted octanol–water partition coefficient (Wildman–Crippen LogP) is 4.24. The summed E-state index contributed by atoms with van der Waals surface area (Å²) < 4.78 is 7.23. The second-order valence-corrected chi connectivity index (χ2v) is 8.14. The number of carbonyl (C=O) groups is 1. The van der Waals surface area contributed by atoms with Crippen molar-refractivity contribution in [3.05, 3.63) is 35.7 Å². The number of hydrogen-bond donors (Lipinski definition) is 1. The summed E-state index contributed by atoms with van der Waals surface area (Å²) >= 11 is 0. The largest absolute Gasteiger partial charge is 0.463 e. The molecule has 0 aliphatic heterocycles. The summed E-state index contributed by atoms with van der Waals surface area (Å²) in [5.74, 6) is 1.31. The molecule has 1 aliphatic rings. The third-order valence-electron chi connectivity index (χ3n) is 5.78. The Labute approximate surface area is 159 Å². The Morgan fingerprint density at radius 1 is 1.37 bits per heavy atom. The fraction of sp³-hybridized carbons (Fsp3) is 0.476. The normalized spacial score (nSPS) is 22.9. The summed E-state index contributed by atoms with van der Waals surface area (Å²) in [5.41, 5.74) is 2.58.